The molecule has 1 aliphatic carbocycles. The smallest absolute Gasteiger partial charge is 0.274 e. The second kappa shape index (κ2) is 5.97. The van der Waals surface area contributed by atoms with Gasteiger partial charge in [0, 0.05) is 32.4 Å². The van der Waals surface area contributed by atoms with Crippen LogP contribution in [0.1, 0.15) is 49.3 Å². The van der Waals surface area contributed by atoms with Crippen LogP contribution in [-0.4, -0.2) is 80.3 Å². The minimum Gasteiger partial charge on any atom is -0.389 e. The second-order valence-corrected chi connectivity index (χ2v) is 8.97. The van der Waals surface area contributed by atoms with Crippen LogP contribution in [0.4, 0.5) is 0 Å². The third-order valence-electron chi connectivity index (χ3n) is 5.66. The fraction of sp³-hybridized carbons (Fsp3) is 0.737. The van der Waals surface area contributed by atoms with E-state index in [0.717, 1.165) is 38.0 Å². The first-order chi connectivity index (χ1) is 12.2. The average Bonchev–Trinajstić information content (AvgIpc) is 2.50. The predicted octanol–water partition coefficient (Wildman–Crippen LogP) is 1.01. The van der Waals surface area contributed by atoms with Crippen LogP contribution in [0.2, 0.25) is 0 Å². The maximum atomic E-state index is 12.9. The molecule has 0 unspecified atom stereocenters. The van der Waals surface area contributed by atoms with Gasteiger partial charge in [0.15, 0.2) is 0 Å². The van der Waals surface area contributed by atoms with Crippen molar-refractivity contribution in [3.8, 4) is 0 Å². The number of ether oxygens (including phenoxy) is 1. The normalized spacial score (nSPS) is 26.2. The lowest BCUT2D eigenvalue weighted by atomic mass is 9.78. The molecule has 1 aromatic heterocycles. The lowest BCUT2D eigenvalue weighted by Gasteiger charge is -2.59. The molecule has 142 valence electrons. The van der Waals surface area contributed by atoms with Crippen molar-refractivity contribution in [3.05, 3.63) is 23.8 Å². The molecule has 1 amide bonds. The third kappa shape index (κ3) is 3.35. The van der Waals surface area contributed by atoms with Crippen molar-refractivity contribution in [1.82, 2.24) is 19.8 Å². The van der Waals surface area contributed by atoms with Crippen LogP contribution in [-0.2, 0) is 4.74 Å². The monoisotopic (exact) mass is 360 g/mol. The number of aliphatic hydroxyl groups is 1. The summed E-state index contributed by atoms with van der Waals surface area (Å²) >= 11 is 0. The zero-order valence-electron chi connectivity index (χ0n) is 15.9. The summed E-state index contributed by atoms with van der Waals surface area (Å²) in [7, 11) is 0. The molecule has 7 nitrogen and oxygen atoms in total. The van der Waals surface area contributed by atoms with Gasteiger partial charge in [0.1, 0.15) is 11.3 Å². The number of aromatic nitrogens is 2. The number of likely N-dealkylation sites (tertiary alicyclic amines) is 1. The highest BCUT2D eigenvalue weighted by molar-refractivity contribution is 5.92. The summed E-state index contributed by atoms with van der Waals surface area (Å²) in [5.41, 5.74) is -0.104. The van der Waals surface area contributed by atoms with E-state index in [2.05, 4.69) is 14.9 Å². The Labute approximate surface area is 154 Å². The van der Waals surface area contributed by atoms with Crippen LogP contribution >= 0.6 is 0 Å². The maximum Gasteiger partial charge on any atom is 0.274 e. The first-order valence-corrected chi connectivity index (χ1v) is 9.41. The summed E-state index contributed by atoms with van der Waals surface area (Å²) in [4.78, 5) is 25.4. The molecular weight excluding hydrogens is 332 g/mol. The zero-order valence-corrected chi connectivity index (χ0v) is 15.9. The molecular formula is C19H28N4O3. The molecule has 1 spiro atoms. The van der Waals surface area contributed by atoms with Gasteiger partial charge in [-0.2, -0.15) is 0 Å². The van der Waals surface area contributed by atoms with E-state index in [9.17, 15) is 9.90 Å². The number of carbonyl (C=O) groups excluding carboxylic acids is 1. The maximum absolute atomic E-state index is 12.9. The van der Waals surface area contributed by atoms with E-state index < -0.39 is 11.2 Å². The van der Waals surface area contributed by atoms with Crippen molar-refractivity contribution < 1.29 is 14.6 Å². The molecule has 3 heterocycles. The summed E-state index contributed by atoms with van der Waals surface area (Å²) in [5.74, 6) is -0.0932. The quantitative estimate of drug-likeness (QED) is 0.867. The summed E-state index contributed by atoms with van der Waals surface area (Å²) < 4.78 is 6.38. The van der Waals surface area contributed by atoms with Gasteiger partial charge in [-0.1, -0.05) is 0 Å². The number of rotatable bonds is 3. The summed E-state index contributed by atoms with van der Waals surface area (Å²) in [6.07, 6.45) is 6.06. The van der Waals surface area contributed by atoms with Gasteiger partial charge in [-0.3, -0.25) is 14.7 Å². The first-order valence-electron chi connectivity index (χ1n) is 9.41. The van der Waals surface area contributed by atoms with Crippen molar-refractivity contribution in [1.29, 1.82) is 0 Å². The molecule has 7 heteroatoms. The fourth-order valence-electron chi connectivity index (χ4n) is 4.53. The van der Waals surface area contributed by atoms with E-state index in [1.165, 1.54) is 0 Å². The highest BCUT2D eigenvalue weighted by Crippen LogP contribution is 2.39. The number of carbonyl (C=O) groups is 1. The Bertz CT molecular complexity index is 693. The van der Waals surface area contributed by atoms with Gasteiger partial charge in [0.2, 0.25) is 0 Å². The number of morpholine rings is 1. The van der Waals surface area contributed by atoms with Gasteiger partial charge >= 0.3 is 0 Å². The van der Waals surface area contributed by atoms with E-state index >= 15 is 0 Å². The van der Waals surface area contributed by atoms with E-state index in [1.54, 1.807) is 12.4 Å². The average molecular weight is 360 g/mol. The number of hydrogen-bond acceptors (Lipinski definition) is 6. The van der Waals surface area contributed by atoms with Crippen molar-refractivity contribution in [2.75, 3.05) is 32.7 Å². The zero-order chi connectivity index (χ0) is 18.6. The van der Waals surface area contributed by atoms with Crippen molar-refractivity contribution in [3.63, 3.8) is 0 Å². The Kier molecular flexibility index (Phi) is 4.09. The van der Waals surface area contributed by atoms with Gasteiger partial charge in [0.25, 0.3) is 5.91 Å². The van der Waals surface area contributed by atoms with E-state index in [-0.39, 0.29) is 11.5 Å². The fourth-order valence-corrected chi connectivity index (χ4v) is 4.53. The number of nitrogens with zero attached hydrogens (tertiary/aromatic N) is 4. The van der Waals surface area contributed by atoms with Gasteiger partial charge in [-0.15, -0.1) is 0 Å². The van der Waals surface area contributed by atoms with E-state index in [4.69, 9.17) is 4.74 Å². The molecule has 0 radical (unpaired) electrons. The Balaban J connectivity index is 1.44. The van der Waals surface area contributed by atoms with Crippen molar-refractivity contribution in [2.45, 2.75) is 56.8 Å². The van der Waals surface area contributed by atoms with Crippen molar-refractivity contribution >= 4 is 5.91 Å². The van der Waals surface area contributed by atoms with Gasteiger partial charge < -0.3 is 14.7 Å². The Morgan fingerprint density at radius 1 is 1.19 bits per heavy atom. The molecule has 1 aromatic rings. The Morgan fingerprint density at radius 2 is 1.92 bits per heavy atom. The highest BCUT2D eigenvalue weighted by atomic mass is 16.5. The minimum absolute atomic E-state index is 0.0932. The molecule has 3 aliphatic rings. The summed E-state index contributed by atoms with van der Waals surface area (Å²) in [5, 5.41) is 10.4. The Hall–Kier alpha value is -1.57. The topological polar surface area (TPSA) is 78.8 Å². The second-order valence-electron chi connectivity index (χ2n) is 8.97. The van der Waals surface area contributed by atoms with Crippen LogP contribution in [0.25, 0.3) is 0 Å². The summed E-state index contributed by atoms with van der Waals surface area (Å²) in [6.45, 7) is 9.20. The predicted molar refractivity (Wildman–Crippen MR) is 95.8 cm³/mol. The molecule has 0 aromatic carbocycles. The molecule has 1 N–H and O–H groups in total. The summed E-state index contributed by atoms with van der Waals surface area (Å²) in [6, 6.07) is 0. The molecule has 3 fully saturated rings. The first kappa shape index (κ1) is 17.8. The van der Waals surface area contributed by atoms with Crippen LogP contribution in [0.5, 0.6) is 0 Å². The van der Waals surface area contributed by atoms with Crippen LogP contribution in [0.3, 0.4) is 0 Å². The Morgan fingerprint density at radius 3 is 2.50 bits per heavy atom. The molecule has 2 saturated heterocycles. The van der Waals surface area contributed by atoms with Gasteiger partial charge in [-0.25, -0.2) is 4.98 Å². The number of β-amino-alcohol motifs (C(OH)–C–C–N with tert-alkyl or cyclic N) is 1. The van der Waals surface area contributed by atoms with Crippen LogP contribution in [0, 0.1) is 6.92 Å². The standard InChI is InChI=1S/C19H28N4O3/c1-14-7-21-15(8-20-14)16(24)23-9-17(2,3)26-19(13-23)11-22(12-19)10-18(25)5-4-6-18/h7-8,25H,4-6,9-13H2,1-3H3. The third-order valence-corrected chi connectivity index (χ3v) is 5.66. The molecule has 4 rings (SSSR count). The number of hydrogen-bond donors (Lipinski definition) is 1. The van der Waals surface area contributed by atoms with Crippen molar-refractivity contribution in [2.24, 2.45) is 0 Å². The van der Waals surface area contributed by atoms with E-state index in [0.29, 0.717) is 25.3 Å². The van der Waals surface area contributed by atoms with Gasteiger partial charge in [-0.05, 0) is 40.0 Å². The van der Waals surface area contributed by atoms with E-state index in [1.807, 2.05) is 25.7 Å². The minimum atomic E-state index is -0.515. The van der Waals surface area contributed by atoms with Gasteiger partial charge in [0.05, 0.1) is 29.6 Å². The largest absolute Gasteiger partial charge is 0.389 e. The SMILES string of the molecule is Cc1cnc(C(=O)N2CC(C)(C)OC3(CN(CC4(O)CCC4)C3)C2)cn1. The molecule has 0 atom stereocenters. The highest BCUT2D eigenvalue weighted by Gasteiger charge is 2.54. The lowest BCUT2D eigenvalue weighted by molar-refractivity contribution is -0.248. The van der Waals surface area contributed by atoms with Crippen LogP contribution < -0.4 is 0 Å². The number of amides is 1. The molecule has 26 heavy (non-hydrogen) atoms. The number of aryl methyl sites for hydroxylation is 1. The van der Waals surface area contributed by atoms with Crippen LogP contribution in [0.15, 0.2) is 12.4 Å². The molecule has 2 aliphatic heterocycles. The molecule has 0 bridgehead atoms. The molecule has 1 saturated carbocycles. The lowest BCUT2D eigenvalue weighted by Crippen LogP contribution is -2.75.